The zero-order chi connectivity index (χ0) is 29.8. The summed E-state index contributed by atoms with van der Waals surface area (Å²) < 4.78 is 5.17. The predicted octanol–water partition coefficient (Wildman–Crippen LogP) is -0.475. The standard InChI is InChI=1S/C25H39N3O10S/c1-25(2,3)38-24(37)28-15(10-11-39-4)22(35)27-17(13-29)19(32)20(33)21(34)23(36)26-16(12-18(30)31)14-8-6-5-7-9-14/h5-9,15-17,19-21,29,32-34H,10-13H2,1-4H3,(H,26,36)(H,27,35)(H,28,37)(H,30,31)/t15-,16-,17-,19+,20+,21-/m0/s1. The molecule has 0 aliphatic carbocycles. The molecule has 0 aliphatic heterocycles. The van der Waals surface area contributed by atoms with Crippen LogP contribution in [0.1, 0.15) is 45.2 Å². The number of amides is 3. The minimum atomic E-state index is -2.24. The molecule has 1 aromatic carbocycles. The number of alkyl carbamates (subject to hydrolysis) is 1. The van der Waals surface area contributed by atoms with Crippen LogP contribution in [0.3, 0.4) is 0 Å². The van der Waals surface area contributed by atoms with Crippen molar-refractivity contribution in [3.63, 3.8) is 0 Å². The van der Waals surface area contributed by atoms with Gasteiger partial charge in [-0.25, -0.2) is 4.79 Å². The maximum absolute atomic E-state index is 12.9. The molecule has 14 heteroatoms. The third-order valence-electron chi connectivity index (χ3n) is 5.39. The van der Waals surface area contributed by atoms with Gasteiger partial charge in [-0.1, -0.05) is 30.3 Å². The van der Waals surface area contributed by atoms with Crippen LogP contribution >= 0.6 is 11.8 Å². The van der Waals surface area contributed by atoms with Crippen molar-refractivity contribution < 1.29 is 49.4 Å². The highest BCUT2D eigenvalue weighted by molar-refractivity contribution is 7.98. The lowest BCUT2D eigenvalue weighted by Gasteiger charge is -2.30. The van der Waals surface area contributed by atoms with E-state index in [1.807, 2.05) is 0 Å². The molecule has 0 unspecified atom stereocenters. The summed E-state index contributed by atoms with van der Waals surface area (Å²) in [5, 5.41) is 57.4. The maximum Gasteiger partial charge on any atom is 0.408 e. The number of ether oxygens (including phenoxy) is 1. The van der Waals surface area contributed by atoms with E-state index in [0.29, 0.717) is 11.3 Å². The summed E-state index contributed by atoms with van der Waals surface area (Å²) in [6, 6.07) is 4.41. The van der Waals surface area contributed by atoms with Gasteiger partial charge in [0.05, 0.1) is 25.1 Å². The Morgan fingerprint density at radius 1 is 0.949 bits per heavy atom. The number of carbonyl (C=O) groups is 4. The van der Waals surface area contributed by atoms with Crippen LogP contribution in [0.15, 0.2) is 30.3 Å². The molecule has 220 valence electrons. The fraction of sp³-hybridized carbons (Fsp3) is 0.600. The van der Waals surface area contributed by atoms with E-state index in [4.69, 9.17) is 4.74 Å². The van der Waals surface area contributed by atoms with E-state index in [2.05, 4.69) is 16.0 Å². The quantitative estimate of drug-likeness (QED) is 0.134. The second kappa shape index (κ2) is 16.3. The van der Waals surface area contributed by atoms with Crippen LogP contribution in [0.4, 0.5) is 4.79 Å². The van der Waals surface area contributed by atoms with Crippen molar-refractivity contribution in [2.24, 2.45) is 0 Å². The first-order valence-corrected chi connectivity index (χ1v) is 13.6. The topological polar surface area (TPSA) is 215 Å². The SMILES string of the molecule is CSCC[C@H](NC(=O)OC(C)(C)C)C(=O)N[C@@H](CO)[C@@H](O)[C@@H](O)[C@H](O)C(=O)N[C@@H](CC(=O)O)c1ccccc1. The number of aliphatic hydroxyl groups excluding tert-OH is 4. The van der Waals surface area contributed by atoms with Crippen LogP contribution in [0.2, 0.25) is 0 Å². The van der Waals surface area contributed by atoms with Crippen molar-refractivity contribution in [3.05, 3.63) is 35.9 Å². The largest absolute Gasteiger partial charge is 0.481 e. The zero-order valence-electron chi connectivity index (χ0n) is 22.4. The Balaban J connectivity index is 2.92. The van der Waals surface area contributed by atoms with Gasteiger partial charge in [0.25, 0.3) is 5.91 Å². The third kappa shape index (κ3) is 12.2. The van der Waals surface area contributed by atoms with Crippen molar-refractivity contribution in [1.82, 2.24) is 16.0 Å². The number of hydrogen-bond acceptors (Lipinski definition) is 10. The van der Waals surface area contributed by atoms with Gasteiger partial charge in [0.1, 0.15) is 23.9 Å². The van der Waals surface area contributed by atoms with Crippen molar-refractivity contribution >= 4 is 35.6 Å². The lowest BCUT2D eigenvalue weighted by Crippen LogP contribution is -2.59. The number of hydrogen-bond donors (Lipinski definition) is 8. The monoisotopic (exact) mass is 573 g/mol. The minimum absolute atomic E-state index is 0.179. The van der Waals surface area contributed by atoms with Gasteiger partial charge in [0.15, 0.2) is 6.10 Å². The van der Waals surface area contributed by atoms with Crippen molar-refractivity contribution in [3.8, 4) is 0 Å². The van der Waals surface area contributed by atoms with E-state index >= 15 is 0 Å². The first-order valence-electron chi connectivity index (χ1n) is 12.2. The molecule has 0 fully saturated rings. The number of carboxylic acids is 1. The zero-order valence-corrected chi connectivity index (χ0v) is 23.2. The summed E-state index contributed by atoms with van der Waals surface area (Å²) in [5.41, 5.74) is -0.385. The number of aliphatic hydroxyl groups is 4. The molecule has 0 aromatic heterocycles. The molecule has 13 nitrogen and oxygen atoms in total. The van der Waals surface area contributed by atoms with Gasteiger partial charge < -0.3 is 46.2 Å². The Hall–Kier alpha value is -2.91. The van der Waals surface area contributed by atoms with Gasteiger partial charge in [-0.05, 0) is 44.8 Å². The van der Waals surface area contributed by atoms with Gasteiger partial charge in [0.2, 0.25) is 5.91 Å². The summed E-state index contributed by atoms with van der Waals surface area (Å²) in [6.07, 6.45) is -5.82. The van der Waals surface area contributed by atoms with E-state index in [0.717, 1.165) is 0 Å². The molecule has 0 saturated carbocycles. The number of carboxylic acid groups (broad SMARTS) is 1. The minimum Gasteiger partial charge on any atom is -0.481 e. The lowest BCUT2D eigenvalue weighted by atomic mass is 9.99. The van der Waals surface area contributed by atoms with E-state index in [1.165, 1.54) is 11.8 Å². The first-order chi connectivity index (χ1) is 18.2. The summed E-state index contributed by atoms with van der Waals surface area (Å²) in [4.78, 5) is 48.9. The van der Waals surface area contributed by atoms with E-state index < -0.39 is 78.9 Å². The number of nitrogens with one attached hydrogen (secondary N) is 3. The van der Waals surface area contributed by atoms with Gasteiger partial charge in [-0.3, -0.25) is 14.4 Å². The average molecular weight is 574 g/mol. The Morgan fingerprint density at radius 2 is 1.56 bits per heavy atom. The van der Waals surface area contributed by atoms with E-state index in [9.17, 15) is 44.7 Å². The molecule has 1 rings (SSSR count). The molecule has 0 radical (unpaired) electrons. The van der Waals surface area contributed by atoms with E-state index in [1.54, 1.807) is 57.4 Å². The molecule has 1 aromatic rings. The maximum atomic E-state index is 12.9. The van der Waals surface area contributed by atoms with Crippen molar-refractivity contribution in [2.75, 3.05) is 18.6 Å². The number of aliphatic carboxylic acids is 1. The molecule has 0 spiro atoms. The van der Waals surface area contributed by atoms with Gasteiger partial charge >= 0.3 is 12.1 Å². The average Bonchev–Trinajstić information content (AvgIpc) is 2.86. The second-order valence-corrected chi connectivity index (χ2v) is 10.8. The highest BCUT2D eigenvalue weighted by Gasteiger charge is 2.37. The second-order valence-electron chi connectivity index (χ2n) is 9.77. The van der Waals surface area contributed by atoms with Crippen LogP contribution in [-0.4, -0.2) is 104 Å². The fourth-order valence-electron chi connectivity index (χ4n) is 3.43. The number of benzene rings is 1. The Bertz CT molecular complexity index is 944. The molecule has 0 aliphatic rings. The first kappa shape index (κ1) is 34.1. The summed E-state index contributed by atoms with van der Waals surface area (Å²) >= 11 is 1.41. The molecule has 8 N–H and O–H groups in total. The molecular formula is C25H39N3O10S. The van der Waals surface area contributed by atoms with Gasteiger partial charge in [0, 0.05) is 0 Å². The van der Waals surface area contributed by atoms with Crippen molar-refractivity contribution in [1.29, 1.82) is 0 Å². The molecule has 0 bridgehead atoms. The number of carbonyl (C=O) groups excluding carboxylic acids is 3. The normalized spacial score (nSPS) is 16.1. The highest BCUT2D eigenvalue weighted by atomic mass is 32.2. The number of rotatable bonds is 15. The summed E-state index contributed by atoms with van der Waals surface area (Å²) in [6.45, 7) is 4.06. The van der Waals surface area contributed by atoms with E-state index in [-0.39, 0.29) is 6.42 Å². The number of thioether (sulfide) groups is 1. The molecule has 6 atom stereocenters. The van der Waals surface area contributed by atoms with Crippen LogP contribution in [0.5, 0.6) is 0 Å². The molecule has 0 heterocycles. The van der Waals surface area contributed by atoms with Crippen molar-refractivity contribution in [2.45, 2.75) is 75.7 Å². The summed E-state index contributed by atoms with van der Waals surface area (Å²) in [5.74, 6) is -2.73. The Morgan fingerprint density at radius 3 is 2.08 bits per heavy atom. The van der Waals surface area contributed by atoms with Crippen LogP contribution < -0.4 is 16.0 Å². The van der Waals surface area contributed by atoms with Gasteiger partial charge in [-0.15, -0.1) is 0 Å². The predicted molar refractivity (Wildman–Crippen MR) is 143 cm³/mol. The molecule has 0 saturated heterocycles. The third-order valence-corrected chi connectivity index (χ3v) is 6.04. The van der Waals surface area contributed by atoms with Gasteiger partial charge in [-0.2, -0.15) is 11.8 Å². The molecule has 3 amide bonds. The Labute approximate surface area is 231 Å². The highest BCUT2D eigenvalue weighted by Crippen LogP contribution is 2.18. The Kier molecular flexibility index (Phi) is 14.2. The smallest absolute Gasteiger partial charge is 0.408 e. The van der Waals surface area contributed by atoms with Crippen LogP contribution in [0.25, 0.3) is 0 Å². The van der Waals surface area contributed by atoms with Crippen LogP contribution in [-0.2, 0) is 19.1 Å². The molecule has 39 heavy (non-hydrogen) atoms. The lowest BCUT2D eigenvalue weighted by molar-refractivity contribution is -0.145. The molecular weight excluding hydrogens is 534 g/mol. The van der Waals surface area contributed by atoms with Crippen LogP contribution in [0, 0.1) is 0 Å². The fourth-order valence-corrected chi connectivity index (χ4v) is 3.90. The summed E-state index contributed by atoms with van der Waals surface area (Å²) in [7, 11) is 0.